The Bertz CT molecular complexity index is 860. The number of aromatic nitrogens is 2. The second kappa shape index (κ2) is 6.85. The number of hydrogen-bond acceptors (Lipinski definition) is 5. The summed E-state index contributed by atoms with van der Waals surface area (Å²) in [6.07, 6.45) is 4.82. The third-order valence-electron chi connectivity index (χ3n) is 4.16. The molecule has 1 saturated heterocycles. The van der Waals surface area contributed by atoms with Crippen molar-refractivity contribution in [3.8, 4) is 0 Å². The first-order valence-electron chi connectivity index (χ1n) is 7.90. The van der Waals surface area contributed by atoms with E-state index in [-0.39, 0.29) is 17.7 Å². The van der Waals surface area contributed by atoms with Crippen molar-refractivity contribution in [2.24, 2.45) is 13.0 Å². The highest BCUT2D eigenvalue weighted by Gasteiger charge is 2.34. The topological polar surface area (TPSA) is 105 Å². The molecule has 0 spiro atoms. The van der Waals surface area contributed by atoms with E-state index in [9.17, 15) is 13.2 Å². The number of carbonyl (C=O) groups is 1. The summed E-state index contributed by atoms with van der Waals surface area (Å²) in [6, 6.07) is 6.57. The molecule has 25 heavy (non-hydrogen) atoms. The van der Waals surface area contributed by atoms with Gasteiger partial charge < -0.3 is 10.6 Å². The van der Waals surface area contributed by atoms with Crippen LogP contribution < -0.4 is 15.4 Å². The van der Waals surface area contributed by atoms with Crippen molar-refractivity contribution in [1.82, 2.24) is 15.1 Å². The van der Waals surface area contributed by atoms with Crippen LogP contribution >= 0.6 is 0 Å². The smallest absolute Gasteiger partial charge is 0.229 e. The van der Waals surface area contributed by atoms with Gasteiger partial charge in [0, 0.05) is 43.6 Å². The molecule has 134 valence electrons. The molecule has 0 aliphatic carbocycles. The van der Waals surface area contributed by atoms with E-state index >= 15 is 0 Å². The predicted molar refractivity (Wildman–Crippen MR) is 95.8 cm³/mol. The van der Waals surface area contributed by atoms with E-state index in [4.69, 9.17) is 0 Å². The van der Waals surface area contributed by atoms with Gasteiger partial charge in [-0.25, -0.2) is 8.42 Å². The van der Waals surface area contributed by atoms with Gasteiger partial charge in [-0.05, 0) is 29.8 Å². The van der Waals surface area contributed by atoms with Crippen molar-refractivity contribution in [3.05, 3.63) is 42.2 Å². The highest BCUT2D eigenvalue weighted by atomic mass is 32.2. The molecule has 1 aliphatic rings. The molecule has 1 aromatic carbocycles. The molecule has 2 atom stereocenters. The quantitative estimate of drug-likeness (QED) is 0.726. The van der Waals surface area contributed by atoms with Gasteiger partial charge in [0.25, 0.3) is 0 Å². The van der Waals surface area contributed by atoms with Crippen molar-refractivity contribution >= 4 is 27.3 Å². The summed E-state index contributed by atoms with van der Waals surface area (Å²) in [5.74, 6) is -0.166. The first kappa shape index (κ1) is 17.4. The van der Waals surface area contributed by atoms with Gasteiger partial charge in [0.05, 0.1) is 18.4 Å². The van der Waals surface area contributed by atoms with Gasteiger partial charge in [-0.2, -0.15) is 5.10 Å². The van der Waals surface area contributed by atoms with Gasteiger partial charge in [0.15, 0.2) is 0 Å². The first-order chi connectivity index (χ1) is 11.8. The lowest BCUT2D eigenvalue weighted by Crippen LogP contribution is -2.28. The third kappa shape index (κ3) is 4.37. The van der Waals surface area contributed by atoms with Crippen LogP contribution in [0.5, 0.6) is 0 Å². The highest BCUT2D eigenvalue weighted by Crippen LogP contribution is 2.29. The largest absolute Gasteiger partial charge is 0.326 e. The van der Waals surface area contributed by atoms with Crippen molar-refractivity contribution in [2.75, 3.05) is 29.4 Å². The van der Waals surface area contributed by atoms with Crippen LogP contribution in [0.2, 0.25) is 0 Å². The molecule has 1 aromatic heterocycles. The van der Waals surface area contributed by atoms with Gasteiger partial charge >= 0.3 is 0 Å². The minimum atomic E-state index is -3.32. The van der Waals surface area contributed by atoms with E-state index < -0.39 is 10.0 Å². The van der Waals surface area contributed by atoms with Crippen LogP contribution in [-0.2, 0) is 21.9 Å². The molecule has 3 N–H and O–H groups in total. The van der Waals surface area contributed by atoms with E-state index in [2.05, 4.69) is 20.5 Å². The Hall–Kier alpha value is -2.39. The van der Waals surface area contributed by atoms with Gasteiger partial charge in [-0.15, -0.1) is 0 Å². The summed E-state index contributed by atoms with van der Waals surface area (Å²) in [5, 5.41) is 10.3. The van der Waals surface area contributed by atoms with Crippen LogP contribution in [-0.4, -0.2) is 43.5 Å². The zero-order valence-electron chi connectivity index (χ0n) is 14.1. The number of anilines is 2. The maximum Gasteiger partial charge on any atom is 0.229 e. The third-order valence-corrected chi connectivity index (χ3v) is 4.77. The molecule has 2 aromatic rings. The molecule has 0 radical (unpaired) electrons. The minimum Gasteiger partial charge on any atom is -0.326 e. The molecule has 9 heteroatoms. The molecule has 1 fully saturated rings. The van der Waals surface area contributed by atoms with Crippen molar-refractivity contribution < 1.29 is 13.2 Å². The lowest BCUT2D eigenvalue weighted by molar-refractivity contribution is -0.119. The SMILES string of the molecule is Cn1cc([C@H]2CNC[C@@H]2C(=O)Nc2ccc(NS(C)(=O)=O)cc2)cn1. The maximum absolute atomic E-state index is 12.6. The number of carbonyl (C=O) groups excluding carboxylic acids is 1. The number of benzene rings is 1. The Morgan fingerprint density at radius 2 is 1.92 bits per heavy atom. The van der Waals surface area contributed by atoms with E-state index in [1.54, 1.807) is 35.1 Å². The summed E-state index contributed by atoms with van der Waals surface area (Å²) in [7, 11) is -1.46. The summed E-state index contributed by atoms with van der Waals surface area (Å²) in [4.78, 5) is 12.6. The van der Waals surface area contributed by atoms with E-state index in [1.807, 2.05) is 13.2 Å². The normalized spacial score (nSPS) is 20.4. The molecular formula is C16H21N5O3S. The van der Waals surface area contributed by atoms with E-state index in [0.29, 0.717) is 17.9 Å². The molecular weight excluding hydrogens is 342 g/mol. The standard InChI is InChI=1S/C16H21N5O3S/c1-21-10-11(7-18-21)14-8-17-9-15(14)16(22)19-12-3-5-13(6-4-12)20-25(2,23)24/h3-7,10,14-15,17,20H,8-9H2,1-2H3,(H,19,22)/t14-,15+/m1/s1. The Balaban J connectivity index is 1.67. The summed E-state index contributed by atoms with van der Waals surface area (Å²) in [5.41, 5.74) is 2.12. The van der Waals surface area contributed by atoms with Crippen LogP contribution in [0.1, 0.15) is 11.5 Å². The molecule has 1 aliphatic heterocycles. The van der Waals surface area contributed by atoms with E-state index in [1.165, 1.54) is 0 Å². The molecule has 2 heterocycles. The Morgan fingerprint density at radius 3 is 2.52 bits per heavy atom. The fourth-order valence-electron chi connectivity index (χ4n) is 3.01. The Morgan fingerprint density at radius 1 is 1.24 bits per heavy atom. The van der Waals surface area contributed by atoms with Gasteiger partial charge in [0.1, 0.15) is 0 Å². The highest BCUT2D eigenvalue weighted by molar-refractivity contribution is 7.92. The Labute approximate surface area is 146 Å². The number of aryl methyl sites for hydroxylation is 1. The summed E-state index contributed by atoms with van der Waals surface area (Å²) < 4.78 is 26.6. The van der Waals surface area contributed by atoms with Crippen molar-refractivity contribution in [2.45, 2.75) is 5.92 Å². The molecule has 0 bridgehead atoms. The van der Waals surface area contributed by atoms with E-state index in [0.717, 1.165) is 18.4 Å². The monoisotopic (exact) mass is 363 g/mol. The van der Waals surface area contributed by atoms with Gasteiger partial charge in [-0.3, -0.25) is 14.2 Å². The molecule has 0 saturated carbocycles. The zero-order chi connectivity index (χ0) is 18.0. The van der Waals surface area contributed by atoms with Gasteiger partial charge in [-0.1, -0.05) is 0 Å². The second-order valence-electron chi connectivity index (χ2n) is 6.26. The number of nitrogens with one attached hydrogen (secondary N) is 3. The van der Waals surface area contributed by atoms with Crippen LogP contribution in [0, 0.1) is 5.92 Å². The van der Waals surface area contributed by atoms with Crippen LogP contribution in [0.25, 0.3) is 0 Å². The first-order valence-corrected chi connectivity index (χ1v) is 9.79. The lowest BCUT2D eigenvalue weighted by Gasteiger charge is -2.17. The zero-order valence-corrected chi connectivity index (χ0v) is 14.9. The number of amides is 1. The lowest BCUT2D eigenvalue weighted by atomic mass is 9.90. The van der Waals surface area contributed by atoms with Crippen LogP contribution in [0.3, 0.4) is 0 Å². The molecule has 0 unspecified atom stereocenters. The average Bonchev–Trinajstić information content (AvgIpc) is 3.16. The number of rotatable bonds is 5. The van der Waals surface area contributed by atoms with Crippen molar-refractivity contribution in [3.63, 3.8) is 0 Å². The number of sulfonamides is 1. The number of hydrogen-bond donors (Lipinski definition) is 3. The Kier molecular flexibility index (Phi) is 4.78. The van der Waals surface area contributed by atoms with Gasteiger partial charge in [0.2, 0.25) is 15.9 Å². The number of nitrogens with zero attached hydrogens (tertiary/aromatic N) is 2. The average molecular weight is 363 g/mol. The predicted octanol–water partition coefficient (Wildman–Crippen LogP) is 0.733. The fourth-order valence-corrected chi connectivity index (χ4v) is 3.57. The molecule has 3 rings (SSSR count). The van der Waals surface area contributed by atoms with Crippen molar-refractivity contribution in [1.29, 1.82) is 0 Å². The van der Waals surface area contributed by atoms with Crippen LogP contribution in [0.4, 0.5) is 11.4 Å². The fraction of sp³-hybridized carbons (Fsp3) is 0.375. The minimum absolute atomic E-state index is 0.0670. The second-order valence-corrected chi connectivity index (χ2v) is 8.01. The molecule has 8 nitrogen and oxygen atoms in total. The van der Waals surface area contributed by atoms with Crippen LogP contribution in [0.15, 0.2) is 36.7 Å². The summed E-state index contributed by atoms with van der Waals surface area (Å²) >= 11 is 0. The molecule has 1 amide bonds. The maximum atomic E-state index is 12.6. The summed E-state index contributed by atoms with van der Waals surface area (Å²) in [6.45, 7) is 1.35.